The molecule has 0 aliphatic carbocycles. The van der Waals surface area contributed by atoms with Crippen LogP contribution in [0.25, 0.3) is 34.0 Å². The van der Waals surface area contributed by atoms with E-state index in [0.29, 0.717) is 17.2 Å². The summed E-state index contributed by atoms with van der Waals surface area (Å²) in [5.74, 6) is 0.214. The normalized spacial score (nSPS) is 11.1. The van der Waals surface area contributed by atoms with Gasteiger partial charge in [-0.3, -0.25) is 4.79 Å². The SMILES string of the molecule is O=C(Cn1cc(-c2nnc(-c3ccco3)o2)c2ccccc21)Nc1ccccc1F. The van der Waals surface area contributed by atoms with Gasteiger partial charge in [0.1, 0.15) is 12.4 Å². The molecule has 2 aromatic carbocycles. The van der Waals surface area contributed by atoms with Crippen LogP contribution in [0.5, 0.6) is 0 Å². The van der Waals surface area contributed by atoms with Crippen LogP contribution in [-0.4, -0.2) is 20.7 Å². The minimum absolute atomic E-state index is 0.00593. The molecule has 0 spiro atoms. The quantitative estimate of drug-likeness (QED) is 0.459. The fraction of sp³-hybridized carbons (Fsp3) is 0.0455. The number of hydrogen-bond donors (Lipinski definition) is 1. The Labute approximate surface area is 169 Å². The van der Waals surface area contributed by atoms with Crippen molar-refractivity contribution in [2.45, 2.75) is 6.54 Å². The van der Waals surface area contributed by atoms with E-state index in [1.54, 1.807) is 35.0 Å². The predicted octanol–water partition coefficient (Wildman–Crippen LogP) is 4.73. The molecule has 3 heterocycles. The smallest absolute Gasteiger partial charge is 0.283 e. The van der Waals surface area contributed by atoms with Gasteiger partial charge in [-0.15, -0.1) is 10.2 Å². The highest BCUT2D eigenvalue weighted by molar-refractivity contribution is 5.96. The van der Waals surface area contributed by atoms with Crippen molar-refractivity contribution >= 4 is 22.5 Å². The molecule has 0 aliphatic rings. The van der Waals surface area contributed by atoms with Gasteiger partial charge in [0.15, 0.2) is 5.76 Å². The molecule has 1 N–H and O–H groups in total. The standard InChI is InChI=1S/C22H15FN4O3/c23-16-7-2-3-8-17(16)24-20(28)13-27-12-15(14-6-1-4-9-18(14)27)21-25-26-22(30-21)19-10-5-11-29-19/h1-12H,13H2,(H,24,28). The fourth-order valence-corrected chi connectivity index (χ4v) is 3.29. The highest BCUT2D eigenvalue weighted by Crippen LogP contribution is 2.31. The first kappa shape index (κ1) is 17.9. The van der Waals surface area contributed by atoms with Gasteiger partial charge >= 0.3 is 0 Å². The first-order valence-corrected chi connectivity index (χ1v) is 9.19. The fourth-order valence-electron chi connectivity index (χ4n) is 3.29. The molecule has 3 aromatic heterocycles. The van der Waals surface area contributed by atoms with Gasteiger partial charge in [0.2, 0.25) is 11.8 Å². The van der Waals surface area contributed by atoms with Gasteiger partial charge in [-0.1, -0.05) is 30.3 Å². The molecule has 5 rings (SSSR count). The Morgan fingerprint density at radius 2 is 1.80 bits per heavy atom. The number of anilines is 1. The average Bonchev–Trinajstić information content (AvgIpc) is 3.49. The lowest BCUT2D eigenvalue weighted by Gasteiger charge is -2.08. The van der Waals surface area contributed by atoms with Crippen LogP contribution in [0, 0.1) is 5.82 Å². The molecule has 0 saturated heterocycles. The second kappa shape index (κ2) is 7.32. The topological polar surface area (TPSA) is 86.1 Å². The second-order valence-corrected chi connectivity index (χ2v) is 6.61. The number of halogens is 1. The number of benzene rings is 2. The largest absolute Gasteiger partial charge is 0.459 e. The Kier molecular flexibility index (Phi) is 4.36. The molecule has 0 aliphatic heterocycles. The third-order valence-corrected chi connectivity index (χ3v) is 4.64. The molecule has 0 unspecified atom stereocenters. The summed E-state index contributed by atoms with van der Waals surface area (Å²) in [6.45, 7) is -0.00593. The maximum atomic E-state index is 13.8. The van der Waals surface area contributed by atoms with E-state index in [2.05, 4.69) is 15.5 Å². The van der Waals surface area contributed by atoms with Gasteiger partial charge in [0, 0.05) is 17.1 Å². The molecule has 5 aromatic rings. The zero-order valence-electron chi connectivity index (χ0n) is 15.6. The van der Waals surface area contributed by atoms with Crippen molar-refractivity contribution in [3.8, 4) is 23.1 Å². The number of rotatable bonds is 5. The number of para-hydroxylation sites is 2. The molecule has 7 nitrogen and oxygen atoms in total. The van der Waals surface area contributed by atoms with E-state index in [0.717, 1.165) is 10.9 Å². The zero-order valence-corrected chi connectivity index (χ0v) is 15.6. The Morgan fingerprint density at radius 3 is 2.63 bits per heavy atom. The van der Waals surface area contributed by atoms with Crippen molar-refractivity contribution in [3.05, 3.63) is 78.9 Å². The minimum Gasteiger partial charge on any atom is -0.459 e. The van der Waals surface area contributed by atoms with Gasteiger partial charge in [0.05, 0.1) is 17.5 Å². The average molecular weight is 402 g/mol. The van der Waals surface area contributed by atoms with Crippen LogP contribution in [-0.2, 0) is 11.3 Å². The number of carbonyl (C=O) groups is 1. The maximum Gasteiger partial charge on any atom is 0.283 e. The molecule has 1 amide bonds. The lowest BCUT2D eigenvalue weighted by molar-refractivity contribution is -0.116. The number of aromatic nitrogens is 3. The van der Waals surface area contributed by atoms with Crippen molar-refractivity contribution in [2.24, 2.45) is 0 Å². The van der Waals surface area contributed by atoms with Crippen molar-refractivity contribution in [1.82, 2.24) is 14.8 Å². The number of hydrogen-bond acceptors (Lipinski definition) is 5. The summed E-state index contributed by atoms with van der Waals surface area (Å²) in [7, 11) is 0. The van der Waals surface area contributed by atoms with Gasteiger partial charge in [-0.05, 0) is 30.3 Å². The third-order valence-electron chi connectivity index (χ3n) is 4.64. The highest BCUT2D eigenvalue weighted by atomic mass is 19.1. The number of furan rings is 1. The molecule has 30 heavy (non-hydrogen) atoms. The molecule has 0 bridgehead atoms. The molecule has 0 atom stereocenters. The molecular formula is C22H15FN4O3. The molecule has 148 valence electrons. The van der Waals surface area contributed by atoms with Gasteiger partial charge in [-0.2, -0.15) is 0 Å². The van der Waals surface area contributed by atoms with Gasteiger partial charge in [0.25, 0.3) is 5.89 Å². The first-order chi connectivity index (χ1) is 14.7. The summed E-state index contributed by atoms with van der Waals surface area (Å²) in [5, 5.41) is 11.6. The zero-order chi connectivity index (χ0) is 20.5. The second-order valence-electron chi connectivity index (χ2n) is 6.61. The van der Waals surface area contributed by atoms with Crippen molar-refractivity contribution in [1.29, 1.82) is 0 Å². The summed E-state index contributed by atoms with van der Waals surface area (Å²) >= 11 is 0. The summed E-state index contributed by atoms with van der Waals surface area (Å²) in [5.41, 5.74) is 1.64. The van der Waals surface area contributed by atoms with Crippen molar-refractivity contribution in [3.63, 3.8) is 0 Å². The van der Waals surface area contributed by atoms with E-state index in [4.69, 9.17) is 8.83 Å². The number of fused-ring (bicyclic) bond motifs is 1. The van der Waals surface area contributed by atoms with E-state index in [9.17, 15) is 9.18 Å². The van der Waals surface area contributed by atoms with Crippen LogP contribution in [0.1, 0.15) is 0 Å². The van der Waals surface area contributed by atoms with E-state index in [1.807, 2.05) is 24.3 Å². The predicted molar refractivity (Wildman–Crippen MR) is 108 cm³/mol. The minimum atomic E-state index is -0.486. The number of nitrogens with zero attached hydrogens (tertiary/aromatic N) is 3. The molecular weight excluding hydrogens is 387 g/mol. The van der Waals surface area contributed by atoms with Crippen LogP contribution in [0.15, 0.2) is 82.0 Å². The molecule has 0 saturated carbocycles. The van der Waals surface area contributed by atoms with Crippen molar-refractivity contribution in [2.75, 3.05) is 5.32 Å². The summed E-state index contributed by atoms with van der Waals surface area (Å²) in [4.78, 5) is 12.5. The lowest BCUT2D eigenvalue weighted by atomic mass is 10.2. The first-order valence-electron chi connectivity index (χ1n) is 9.19. The van der Waals surface area contributed by atoms with Crippen LogP contribution < -0.4 is 5.32 Å². The van der Waals surface area contributed by atoms with Crippen LogP contribution in [0.4, 0.5) is 10.1 Å². The van der Waals surface area contributed by atoms with Crippen LogP contribution in [0.2, 0.25) is 0 Å². The maximum absolute atomic E-state index is 13.8. The van der Waals surface area contributed by atoms with E-state index >= 15 is 0 Å². The summed E-state index contributed by atoms with van der Waals surface area (Å²) in [6.07, 6.45) is 3.30. The Morgan fingerprint density at radius 1 is 1.00 bits per heavy atom. The monoisotopic (exact) mass is 402 g/mol. The third kappa shape index (κ3) is 3.24. The van der Waals surface area contributed by atoms with Gasteiger partial charge in [-0.25, -0.2) is 4.39 Å². The molecule has 0 radical (unpaired) electrons. The molecule has 8 heteroatoms. The number of amides is 1. The Bertz CT molecular complexity index is 1340. The van der Waals surface area contributed by atoms with Crippen LogP contribution in [0.3, 0.4) is 0 Å². The van der Waals surface area contributed by atoms with Crippen molar-refractivity contribution < 1.29 is 18.0 Å². The Balaban J connectivity index is 1.47. The van der Waals surface area contributed by atoms with E-state index in [1.165, 1.54) is 18.4 Å². The Hall–Kier alpha value is -4.20. The summed E-state index contributed by atoms with van der Waals surface area (Å²) in [6, 6.07) is 17.1. The number of nitrogens with one attached hydrogen (secondary N) is 1. The molecule has 0 fully saturated rings. The lowest BCUT2D eigenvalue weighted by Crippen LogP contribution is -2.18. The number of carbonyl (C=O) groups excluding carboxylic acids is 1. The van der Waals surface area contributed by atoms with Gasteiger partial charge < -0.3 is 18.7 Å². The van der Waals surface area contributed by atoms with E-state index < -0.39 is 5.82 Å². The van der Waals surface area contributed by atoms with E-state index in [-0.39, 0.29) is 24.0 Å². The summed E-state index contributed by atoms with van der Waals surface area (Å²) < 4.78 is 26.7. The van der Waals surface area contributed by atoms with Crippen LogP contribution >= 0.6 is 0 Å². The highest BCUT2D eigenvalue weighted by Gasteiger charge is 2.18.